The zero-order chi connectivity index (χ0) is 13.5. The van der Waals surface area contributed by atoms with Gasteiger partial charge >= 0.3 is 11.8 Å². The molecule has 0 aromatic rings. The van der Waals surface area contributed by atoms with E-state index in [1.54, 1.807) is 9.80 Å². The van der Waals surface area contributed by atoms with Crippen LogP contribution in [0.15, 0.2) is 0 Å². The number of hydrogen-bond acceptors (Lipinski definition) is 2. The van der Waals surface area contributed by atoms with Crippen molar-refractivity contribution >= 4 is 11.8 Å². The van der Waals surface area contributed by atoms with Crippen molar-refractivity contribution in [1.82, 2.24) is 9.80 Å². The van der Waals surface area contributed by atoms with Gasteiger partial charge in [0.25, 0.3) is 0 Å². The van der Waals surface area contributed by atoms with E-state index in [-0.39, 0.29) is 11.8 Å². The van der Waals surface area contributed by atoms with Crippen molar-refractivity contribution < 1.29 is 9.59 Å². The predicted molar refractivity (Wildman–Crippen MR) is 72.5 cm³/mol. The Kier molecular flexibility index (Phi) is 3.27. The number of carbonyl (C=O) groups is 2. The lowest BCUT2D eigenvalue weighted by molar-refractivity contribution is -0.159. The van der Waals surface area contributed by atoms with Crippen molar-refractivity contribution in [1.29, 1.82) is 0 Å². The molecule has 2 aliphatic heterocycles. The van der Waals surface area contributed by atoms with Crippen LogP contribution >= 0.6 is 0 Å². The van der Waals surface area contributed by atoms with Crippen molar-refractivity contribution in [3.8, 4) is 0 Å². The largest absolute Gasteiger partial charge is 0.334 e. The van der Waals surface area contributed by atoms with Crippen LogP contribution in [0.4, 0.5) is 0 Å². The van der Waals surface area contributed by atoms with Crippen molar-refractivity contribution in [3.63, 3.8) is 0 Å². The molecule has 0 aromatic carbocycles. The lowest BCUT2D eigenvalue weighted by Crippen LogP contribution is -2.60. The van der Waals surface area contributed by atoms with E-state index in [0.29, 0.717) is 11.3 Å². The Hall–Kier alpha value is -1.06. The number of hydrogen-bond donors (Lipinski definition) is 0. The van der Waals surface area contributed by atoms with Crippen LogP contribution in [0, 0.1) is 11.3 Å². The molecule has 2 saturated heterocycles. The van der Waals surface area contributed by atoms with Gasteiger partial charge in [-0.3, -0.25) is 9.59 Å². The Bertz CT molecular complexity index is 372. The average molecular weight is 264 g/mol. The van der Waals surface area contributed by atoms with Crippen LogP contribution in [-0.4, -0.2) is 47.8 Å². The highest BCUT2D eigenvalue weighted by Crippen LogP contribution is 2.45. The molecular weight excluding hydrogens is 240 g/mol. The van der Waals surface area contributed by atoms with Crippen molar-refractivity contribution in [2.45, 2.75) is 45.4 Å². The summed E-state index contributed by atoms with van der Waals surface area (Å²) in [6.45, 7) is 5.36. The molecule has 3 aliphatic rings. The minimum absolute atomic E-state index is 0.257. The topological polar surface area (TPSA) is 40.6 Å². The quantitative estimate of drug-likeness (QED) is 0.624. The maximum atomic E-state index is 12.2. The number of carbonyl (C=O) groups excluding carboxylic acids is 2. The first-order chi connectivity index (χ1) is 9.10. The molecule has 3 rings (SSSR count). The highest BCUT2D eigenvalue weighted by atomic mass is 16.2. The van der Waals surface area contributed by atoms with Gasteiger partial charge in [-0.1, -0.05) is 19.8 Å². The van der Waals surface area contributed by atoms with Crippen molar-refractivity contribution in [2.24, 2.45) is 11.3 Å². The zero-order valence-corrected chi connectivity index (χ0v) is 11.9. The Morgan fingerprint density at radius 3 is 2.05 bits per heavy atom. The normalized spacial score (nSPS) is 26.6. The highest BCUT2D eigenvalue weighted by molar-refractivity contribution is 6.35. The molecule has 0 aromatic heterocycles. The first-order valence-corrected chi connectivity index (χ1v) is 7.68. The van der Waals surface area contributed by atoms with Crippen molar-refractivity contribution in [3.05, 3.63) is 0 Å². The fourth-order valence-corrected chi connectivity index (χ4v) is 3.83. The van der Waals surface area contributed by atoms with Gasteiger partial charge in [0, 0.05) is 31.6 Å². The van der Waals surface area contributed by atoms with E-state index in [1.807, 2.05) is 0 Å². The number of rotatable bonds is 0. The van der Waals surface area contributed by atoms with E-state index >= 15 is 0 Å². The Labute approximate surface area is 115 Å². The van der Waals surface area contributed by atoms with E-state index in [4.69, 9.17) is 0 Å². The van der Waals surface area contributed by atoms with E-state index in [1.165, 1.54) is 25.7 Å². The number of amides is 2. The summed E-state index contributed by atoms with van der Waals surface area (Å²) in [6, 6.07) is 0. The van der Waals surface area contributed by atoms with E-state index in [9.17, 15) is 9.59 Å². The molecule has 2 heterocycles. The third-order valence-electron chi connectivity index (χ3n) is 5.26. The molecular formula is C15H24N2O2. The molecule has 0 atom stereocenters. The van der Waals surface area contributed by atoms with Crippen LogP contribution in [-0.2, 0) is 9.59 Å². The van der Waals surface area contributed by atoms with Crippen LogP contribution in [0.2, 0.25) is 0 Å². The minimum atomic E-state index is -0.264. The molecule has 0 bridgehead atoms. The van der Waals surface area contributed by atoms with Crippen molar-refractivity contribution in [2.75, 3.05) is 26.2 Å². The van der Waals surface area contributed by atoms with Gasteiger partial charge in [0.05, 0.1) is 0 Å². The molecule has 0 unspecified atom stereocenters. The van der Waals surface area contributed by atoms with Gasteiger partial charge in [-0.2, -0.15) is 0 Å². The smallest absolute Gasteiger partial charge is 0.312 e. The Morgan fingerprint density at radius 2 is 1.47 bits per heavy atom. The summed E-state index contributed by atoms with van der Waals surface area (Å²) >= 11 is 0. The SMILES string of the molecule is CC1CCN(C(=O)C(=O)N2CC3(CCCC3)C2)CC1. The minimum Gasteiger partial charge on any atom is -0.334 e. The van der Waals surface area contributed by atoms with Crippen LogP contribution in [0.5, 0.6) is 0 Å². The van der Waals surface area contributed by atoms with Gasteiger partial charge in [-0.25, -0.2) is 0 Å². The van der Waals surface area contributed by atoms with Gasteiger partial charge < -0.3 is 9.80 Å². The van der Waals surface area contributed by atoms with Crippen LogP contribution in [0.1, 0.15) is 45.4 Å². The van der Waals surface area contributed by atoms with E-state index < -0.39 is 0 Å². The average Bonchev–Trinajstić information content (AvgIpc) is 2.86. The first kappa shape index (κ1) is 12.9. The summed E-state index contributed by atoms with van der Waals surface area (Å²) in [6.07, 6.45) is 7.13. The third-order valence-corrected chi connectivity index (χ3v) is 5.26. The predicted octanol–water partition coefficient (Wildman–Crippen LogP) is 1.65. The Morgan fingerprint density at radius 1 is 0.947 bits per heavy atom. The highest BCUT2D eigenvalue weighted by Gasteiger charge is 2.48. The summed E-state index contributed by atoms with van der Waals surface area (Å²) in [4.78, 5) is 27.9. The van der Waals surface area contributed by atoms with Crippen LogP contribution in [0.25, 0.3) is 0 Å². The molecule has 106 valence electrons. The number of likely N-dealkylation sites (tertiary alicyclic amines) is 2. The molecule has 4 heteroatoms. The standard InChI is InChI=1S/C15H24N2O2/c1-12-4-8-16(9-5-12)13(18)14(19)17-10-15(11-17)6-2-3-7-15/h12H,2-11H2,1H3. The second kappa shape index (κ2) is 4.80. The maximum Gasteiger partial charge on any atom is 0.312 e. The van der Waals surface area contributed by atoms with E-state index in [0.717, 1.165) is 39.0 Å². The monoisotopic (exact) mass is 264 g/mol. The zero-order valence-electron chi connectivity index (χ0n) is 11.9. The lowest BCUT2D eigenvalue weighted by atomic mass is 9.78. The first-order valence-electron chi connectivity index (χ1n) is 7.68. The molecule has 1 saturated carbocycles. The number of piperidine rings is 1. The molecule has 2 amide bonds. The molecule has 4 nitrogen and oxygen atoms in total. The van der Waals surface area contributed by atoms with Gasteiger partial charge in [-0.15, -0.1) is 0 Å². The second-order valence-electron chi connectivity index (χ2n) is 6.84. The molecule has 19 heavy (non-hydrogen) atoms. The molecule has 1 aliphatic carbocycles. The van der Waals surface area contributed by atoms with Gasteiger partial charge in [0.1, 0.15) is 0 Å². The summed E-state index contributed by atoms with van der Waals surface area (Å²) in [5, 5.41) is 0. The summed E-state index contributed by atoms with van der Waals surface area (Å²) in [7, 11) is 0. The van der Waals surface area contributed by atoms with E-state index in [2.05, 4.69) is 6.92 Å². The number of nitrogens with zero attached hydrogens (tertiary/aromatic N) is 2. The summed E-state index contributed by atoms with van der Waals surface area (Å²) in [5.41, 5.74) is 0.381. The van der Waals surface area contributed by atoms with Gasteiger partial charge in [0.15, 0.2) is 0 Å². The Balaban J connectivity index is 1.52. The summed E-state index contributed by atoms with van der Waals surface area (Å²) in [5.74, 6) is 0.164. The second-order valence-corrected chi connectivity index (χ2v) is 6.84. The fourth-order valence-electron chi connectivity index (χ4n) is 3.83. The molecule has 0 radical (unpaired) electrons. The van der Waals surface area contributed by atoms with Crippen LogP contribution < -0.4 is 0 Å². The molecule has 1 spiro atoms. The fraction of sp³-hybridized carbons (Fsp3) is 0.867. The van der Waals surface area contributed by atoms with Gasteiger partial charge in [0.2, 0.25) is 0 Å². The maximum absolute atomic E-state index is 12.2. The van der Waals surface area contributed by atoms with Gasteiger partial charge in [-0.05, 0) is 31.6 Å². The lowest BCUT2D eigenvalue weighted by Gasteiger charge is -2.48. The summed E-state index contributed by atoms with van der Waals surface area (Å²) < 4.78 is 0. The third kappa shape index (κ3) is 2.37. The molecule has 3 fully saturated rings. The van der Waals surface area contributed by atoms with Crippen LogP contribution in [0.3, 0.4) is 0 Å². The molecule has 0 N–H and O–H groups in total.